The average molecular weight is 284 g/mol. The molecule has 20 heavy (non-hydrogen) atoms. The van der Waals surface area contributed by atoms with Gasteiger partial charge in [0.25, 0.3) is 0 Å². The molecule has 5 heteroatoms. The minimum Gasteiger partial charge on any atom is -0.478 e. The highest BCUT2D eigenvalue weighted by Gasteiger charge is 2.12. The maximum atomic E-state index is 11.1. The van der Waals surface area contributed by atoms with Crippen molar-refractivity contribution in [2.75, 3.05) is 0 Å². The van der Waals surface area contributed by atoms with Crippen LogP contribution < -0.4 is 0 Å². The molecule has 1 aromatic heterocycles. The van der Waals surface area contributed by atoms with E-state index >= 15 is 0 Å². The van der Waals surface area contributed by atoms with Crippen LogP contribution in [-0.4, -0.2) is 16.1 Å². The van der Waals surface area contributed by atoms with E-state index in [1.807, 2.05) is 13.0 Å². The number of benzene rings is 1. The number of aromatic nitrogens is 1. The average Bonchev–Trinajstić information content (AvgIpc) is 2.41. The molecule has 0 atom stereocenters. The Morgan fingerprint density at radius 3 is 2.70 bits per heavy atom. The summed E-state index contributed by atoms with van der Waals surface area (Å²) in [5.41, 5.74) is 2.35. The van der Waals surface area contributed by atoms with Gasteiger partial charge in [-0.3, -0.25) is 0 Å². The lowest BCUT2D eigenvalue weighted by Gasteiger charge is -2.07. The van der Waals surface area contributed by atoms with Crippen molar-refractivity contribution in [3.05, 3.63) is 52.7 Å². The Bertz CT molecular complexity index is 720. The highest BCUT2D eigenvalue weighted by molar-refractivity contribution is 7.99. The number of carboxylic acid groups (broad SMARTS) is 1. The van der Waals surface area contributed by atoms with E-state index in [-0.39, 0.29) is 5.56 Å². The molecule has 2 aromatic rings. The van der Waals surface area contributed by atoms with Gasteiger partial charge in [0.05, 0.1) is 11.1 Å². The number of carbonyl (C=O) groups is 1. The summed E-state index contributed by atoms with van der Waals surface area (Å²) in [6.45, 7) is 3.60. The van der Waals surface area contributed by atoms with E-state index in [9.17, 15) is 4.79 Å². The summed E-state index contributed by atoms with van der Waals surface area (Å²) in [5, 5.41) is 18.9. The van der Waals surface area contributed by atoms with E-state index in [4.69, 9.17) is 10.4 Å². The first-order chi connectivity index (χ1) is 9.52. The van der Waals surface area contributed by atoms with Gasteiger partial charge in [-0.1, -0.05) is 17.8 Å². The van der Waals surface area contributed by atoms with Crippen LogP contribution in [0.25, 0.3) is 0 Å². The summed E-state index contributed by atoms with van der Waals surface area (Å²) in [4.78, 5) is 16.1. The second-order valence-electron chi connectivity index (χ2n) is 4.30. The second kappa shape index (κ2) is 5.76. The zero-order valence-corrected chi connectivity index (χ0v) is 11.9. The lowest BCUT2D eigenvalue weighted by Crippen LogP contribution is -1.99. The largest absolute Gasteiger partial charge is 0.478 e. The van der Waals surface area contributed by atoms with Crippen molar-refractivity contribution in [3.63, 3.8) is 0 Å². The van der Waals surface area contributed by atoms with E-state index in [1.54, 1.807) is 31.3 Å². The molecule has 0 saturated heterocycles. The van der Waals surface area contributed by atoms with Gasteiger partial charge in [-0.15, -0.1) is 0 Å². The van der Waals surface area contributed by atoms with Crippen molar-refractivity contribution in [1.82, 2.24) is 4.98 Å². The van der Waals surface area contributed by atoms with Gasteiger partial charge >= 0.3 is 5.97 Å². The van der Waals surface area contributed by atoms with Gasteiger partial charge in [0.1, 0.15) is 11.1 Å². The van der Waals surface area contributed by atoms with Gasteiger partial charge in [0, 0.05) is 11.1 Å². The molecule has 0 aliphatic carbocycles. The van der Waals surface area contributed by atoms with Gasteiger partial charge in [0.15, 0.2) is 0 Å². The number of aromatic carboxylic acids is 1. The monoisotopic (exact) mass is 284 g/mol. The van der Waals surface area contributed by atoms with Crippen molar-refractivity contribution in [2.45, 2.75) is 23.8 Å². The van der Waals surface area contributed by atoms with Crippen LogP contribution in [0.15, 0.2) is 40.4 Å². The van der Waals surface area contributed by atoms with Crippen LogP contribution in [0.4, 0.5) is 0 Å². The number of aryl methyl sites for hydroxylation is 2. The van der Waals surface area contributed by atoms with Crippen molar-refractivity contribution >= 4 is 17.7 Å². The zero-order valence-electron chi connectivity index (χ0n) is 11.0. The summed E-state index contributed by atoms with van der Waals surface area (Å²) in [7, 11) is 0. The molecule has 0 unspecified atom stereocenters. The number of carboxylic acids is 1. The smallest absolute Gasteiger partial charge is 0.335 e. The molecule has 0 amide bonds. The van der Waals surface area contributed by atoms with Crippen molar-refractivity contribution in [2.24, 2.45) is 0 Å². The maximum absolute atomic E-state index is 11.1. The standard InChI is InChI=1S/C15H12N2O2S/c1-9-3-4-11(7-12(9)15(18)19)20-14-13(8-16)10(2)5-6-17-14/h3-7H,1-2H3,(H,18,19). The van der Waals surface area contributed by atoms with E-state index in [2.05, 4.69) is 11.1 Å². The van der Waals surface area contributed by atoms with E-state index in [0.717, 1.165) is 10.5 Å². The SMILES string of the molecule is Cc1ccc(Sc2nccc(C)c2C#N)cc1C(=O)O. The van der Waals surface area contributed by atoms with Gasteiger partial charge in [-0.25, -0.2) is 9.78 Å². The minimum atomic E-state index is -0.956. The van der Waals surface area contributed by atoms with Crippen LogP contribution in [0.5, 0.6) is 0 Å². The fraction of sp³-hybridized carbons (Fsp3) is 0.133. The molecule has 0 radical (unpaired) electrons. The van der Waals surface area contributed by atoms with Crippen LogP contribution in [0, 0.1) is 25.2 Å². The molecule has 0 spiro atoms. The molecule has 0 bridgehead atoms. The van der Waals surface area contributed by atoms with Gasteiger partial charge < -0.3 is 5.11 Å². The zero-order chi connectivity index (χ0) is 14.7. The molecule has 0 fully saturated rings. The maximum Gasteiger partial charge on any atom is 0.335 e. The number of hydrogen-bond acceptors (Lipinski definition) is 4. The minimum absolute atomic E-state index is 0.265. The first-order valence-electron chi connectivity index (χ1n) is 5.90. The van der Waals surface area contributed by atoms with Gasteiger partial charge in [-0.05, 0) is 43.2 Å². The van der Waals surface area contributed by atoms with E-state index in [0.29, 0.717) is 16.2 Å². The normalized spacial score (nSPS) is 10.1. The third-order valence-corrected chi connectivity index (χ3v) is 3.88. The predicted molar refractivity (Wildman–Crippen MR) is 76.0 cm³/mol. The Morgan fingerprint density at radius 1 is 1.30 bits per heavy atom. The molecule has 100 valence electrons. The topological polar surface area (TPSA) is 74.0 Å². The summed E-state index contributed by atoms with van der Waals surface area (Å²) < 4.78 is 0. The highest BCUT2D eigenvalue weighted by Crippen LogP contribution is 2.30. The van der Waals surface area contributed by atoms with Crippen molar-refractivity contribution in [1.29, 1.82) is 5.26 Å². The fourth-order valence-electron chi connectivity index (χ4n) is 1.75. The van der Waals surface area contributed by atoms with Crippen LogP contribution in [0.2, 0.25) is 0 Å². The summed E-state index contributed by atoms with van der Waals surface area (Å²) >= 11 is 1.30. The molecule has 0 saturated carbocycles. The first-order valence-corrected chi connectivity index (χ1v) is 6.72. The molecule has 1 heterocycles. The number of rotatable bonds is 3. The number of hydrogen-bond donors (Lipinski definition) is 1. The van der Waals surface area contributed by atoms with E-state index < -0.39 is 5.97 Å². The lowest BCUT2D eigenvalue weighted by atomic mass is 10.1. The number of nitriles is 1. The second-order valence-corrected chi connectivity index (χ2v) is 5.37. The van der Waals surface area contributed by atoms with E-state index in [1.165, 1.54) is 11.8 Å². The third kappa shape index (κ3) is 2.81. The van der Waals surface area contributed by atoms with Crippen LogP contribution >= 0.6 is 11.8 Å². The lowest BCUT2D eigenvalue weighted by molar-refractivity contribution is 0.0696. The Labute approximate surface area is 121 Å². The molecule has 0 aliphatic rings. The molecule has 4 nitrogen and oxygen atoms in total. The number of pyridine rings is 1. The van der Waals surface area contributed by atoms with Crippen LogP contribution in [0.1, 0.15) is 27.0 Å². The van der Waals surface area contributed by atoms with Gasteiger partial charge in [-0.2, -0.15) is 5.26 Å². The molecule has 0 aliphatic heterocycles. The fourth-order valence-corrected chi connectivity index (χ4v) is 2.71. The molecular weight excluding hydrogens is 272 g/mol. The highest BCUT2D eigenvalue weighted by atomic mass is 32.2. The predicted octanol–water partition coefficient (Wildman–Crippen LogP) is 3.42. The van der Waals surface area contributed by atoms with Crippen molar-refractivity contribution < 1.29 is 9.90 Å². The molecule has 1 N–H and O–H groups in total. The van der Waals surface area contributed by atoms with Crippen molar-refractivity contribution in [3.8, 4) is 6.07 Å². The summed E-state index contributed by atoms with van der Waals surface area (Å²) in [6.07, 6.45) is 1.64. The Hall–Kier alpha value is -2.32. The third-order valence-electron chi connectivity index (χ3n) is 2.89. The first kappa shape index (κ1) is 14.1. The Balaban J connectivity index is 2.41. The van der Waals surface area contributed by atoms with Gasteiger partial charge in [0.2, 0.25) is 0 Å². The number of nitrogens with zero attached hydrogens (tertiary/aromatic N) is 2. The Morgan fingerprint density at radius 2 is 2.05 bits per heavy atom. The molecule has 1 aromatic carbocycles. The van der Waals surface area contributed by atoms with Crippen LogP contribution in [0.3, 0.4) is 0 Å². The Kier molecular flexibility index (Phi) is 4.06. The molecular formula is C15H12N2O2S. The van der Waals surface area contributed by atoms with Crippen LogP contribution in [-0.2, 0) is 0 Å². The quantitative estimate of drug-likeness (QED) is 0.934. The molecule has 2 rings (SSSR count). The summed E-state index contributed by atoms with van der Waals surface area (Å²) in [5.74, 6) is -0.956. The summed E-state index contributed by atoms with van der Waals surface area (Å²) in [6, 6.07) is 9.10.